The fraction of sp³-hybridized carbons (Fsp3) is 0.367. The van der Waals surface area contributed by atoms with Gasteiger partial charge in [-0.2, -0.15) is 0 Å². The normalized spacial score (nSPS) is 23.1. The number of rotatable bonds is 12. The van der Waals surface area contributed by atoms with Crippen molar-refractivity contribution in [3.63, 3.8) is 0 Å². The minimum atomic E-state index is -1.10. The summed E-state index contributed by atoms with van der Waals surface area (Å²) in [5, 5.41) is 11.3. The number of aliphatic hydroxyl groups excluding tert-OH is 1. The first kappa shape index (κ1) is 27.8. The van der Waals surface area contributed by atoms with E-state index in [9.17, 15) is 9.90 Å². The molecule has 3 aromatic carbocycles. The molecule has 0 spiro atoms. The molecule has 4 rings (SSSR count). The fourth-order valence-electron chi connectivity index (χ4n) is 4.20. The molecule has 0 aromatic heterocycles. The predicted molar refractivity (Wildman–Crippen MR) is 139 cm³/mol. The Kier molecular flexibility index (Phi) is 10.3. The largest absolute Gasteiger partial charge is 0.497 e. The van der Waals surface area contributed by atoms with Gasteiger partial charge < -0.3 is 33.5 Å². The molecule has 0 bridgehead atoms. The van der Waals surface area contributed by atoms with E-state index in [0.29, 0.717) is 6.61 Å². The van der Waals surface area contributed by atoms with Crippen molar-refractivity contribution in [2.75, 3.05) is 13.7 Å². The van der Waals surface area contributed by atoms with Crippen LogP contribution in [0.15, 0.2) is 84.9 Å². The molecule has 1 aliphatic heterocycles. The van der Waals surface area contributed by atoms with Gasteiger partial charge in [0.25, 0.3) is 0 Å². The summed E-state index contributed by atoms with van der Waals surface area (Å²) in [4.78, 5) is 12.0. The van der Waals surface area contributed by atoms with Gasteiger partial charge in [-0.1, -0.05) is 72.8 Å². The molecular weight excluding hydrogens is 488 g/mol. The molecule has 1 fully saturated rings. The highest BCUT2D eigenvalue weighted by molar-refractivity contribution is 5.66. The number of carbonyl (C=O) groups is 1. The summed E-state index contributed by atoms with van der Waals surface area (Å²) >= 11 is 0. The Morgan fingerprint density at radius 1 is 0.789 bits per heavy atom. The SMILES string of the molecule is COc1ccc(COC[C@H]2OC(OC(C)=O)[C@H](OCc3ccccc3)[C@@H](OCc3ccccc3)[C@@H]2O)cc1. The second kappa shape index (κ2) is 14.0. The van der Waals surface area contributed by atoms with Crippen molar-refractivity contribution in [3.8, 4) is 5.75 Å². The van der Waals surface area contributed by atoms with E-state index in [-0.39, 0.29) is 19.8 Å². The van der Waals surface area contributed by atoms with Gasteiger partial charge in [0.15, 0.2) is 0 Å². The Hall–Kier alpha value is -3.27. The number of hydrogen-bond acceptors (Lipinski definition) is 8. The smallest absolute Gasteiger partial charge is 0.305 e. The summed E-state index contributed by atoms with van der Waals surface area (Å²) in [5.41, 5.74) is 2.80. The van der Waals surface area contributed by atoms with Crippen LogP contribution >= 0.6 is 0 Å². The van der Waals surface area contributed by atoms with Crippen LogP contribution in [0.25, 0.3) is 0 Å². The topological polar surface area (TPSA) is 92.7 Å². The summed E-state index contributed by atoms with van der Waals surface area (Å²) in [6.45, 7) is 2.13. The first-order chi connectivity index (χ1) is 18.5. The van der Waals surface area contributed by atoms with Crippen molar-refractivity contribution in [3.05, 3.63) is 102 Å². The Morgan fingerprint density at radius 3 is 1.89 bits per heavy atom. The predicted octanol–water partition coefficient (Wildman–Crippen LogP) is 4.03. The lowest BCUT2D eigenvalue weighted by molar-refractivity contribution is -0.312. The Balaban J connectivity index is 1.48. The van der Waals surface area contributed by atoms with Crippen LogP contribution in [0.5, 0.6) is 5.75 Å². The summed E-state index contributed by atoms with van der Waals surface area (Å²) in [6, 6.07) is 26.7. The number of benzene rings is 3. The zero-order chi connectivity index (χ0) is 26.7. The van der Waals surface area contributed by atoms with E-state index >= 15 is 0 Å². The minimum Gasteiger partial charge on any atom is -0.497 e. The zero-order valence-corrected chi connectivity index (χ0v) is 21.6. The summed E-state index contributed by atoms with van der Waals surface area (Å²) in [7, 11) is 1.61. The minimum absolute atomic E-state index is 0.0571. The first-order valence-corrected chi connectivity index (χ1v) is 12.6. The van der Waals surface area contributed by atoms with E-state index in [2.05, 4.69) is 0 Å². The van der Waals surface area contributed by atoms with E-state index in [1.807, 2.05) is 84.9 Å². The molecular formula is C30H34O8. The van der Waals surface area contributed by atoms with Crippen molar-refractivity contribution < 1.29 is 38.3 Å². The second-order valence-corrected chi connectivity index (χ2v) is 9.03. The molecule has 0 aliphatic carbocycles. The van der Waals surface area contributed by atoms with Crippen molar-refractivity contribution >= 4 is 5.97 Å². The number of esters is 1. The number of carbonyl (C=O) groups excluding carboxylic acids is 1. The maximum Gasteiger partial charge on any atom is 0.305 e. The number of methoxy groups -OCH3 is 1. The average molecular weight is 523 g/mol. The summed E-state index contributed by atoms with van der Waals surface area (Å²) in [5.74, 6) is 0.225. The van der Waals surface area contributed by atoms with E-state index in [4.69, 9.17) is 28.4 Å². The van der Waals surface area contributed by atoms with Gasteiger partial charge in [0, 0.05) is 6.92 Å². The fourth-order valence-corrected chi connectivity index (χ4v) is 4.20. The monoisotopic (exact) mass is 522 g/mol. The van der Waals surface area contributed by atoms with Gasteiger partial charge >= 0.3 is 5.97 Å². The Labute approximate surface area is 223 Å². The molecule has 0 saturated carbocycles. The highest BCUT2D eigenvalue weighted by atomic mass is 16.7. The van der Waals surface area contributed by atoms with Gasteiger partial charge in [-0.05, 0) is 28.8 Å². The maximum atomic E-state index is 12.0. The maximum absolute atomic E-state index is 12.0. The van der Waals surface area contributed by atoms with E-state index in [1.54, 1.807) is 7.11 Å². The van der Waals surface area contributed by atoms with Crippen molar-refractivity contribution in [2.24, 2.45) is 0 Å². The van der Waals surface area contributed by atoms with Crippen LogP contribution in [-0.4, -0.2) is 55.5 Å². The van der Waals surface area contributed by atoms with Crippen LogP contribution in [0.1, 0.15) is 23.6 Å². The van der Waals surface area contributed by atoms with Crippen LogP contribution < -0.4 is 4.74 Å². The lowest BCUT2D eigenvalue weighted by atomic mass is 9.98. The quantitative estimate of drug-likeness (QED) is 0.357. The number of ether oxygens (including phenoxy) is 6. The third kappa shape index (κ3) is 7.86. The molecule has 1 N–H and O–H groups in total. The summed E-state index contributed by atoms with van der Waals surface area (Å²) in [6.07, 6.45) is -4.70. The van der Waals surface area contributed by atoms with Crippen LogP contribution in [0.4, 0.5) is 0 Å². The average Bonchev–Trinajstić information content (AvgIpc) is 2.94. The first-order valence-electron chi connectivity index (χ1n) is 12.6. The highest BCUT2D eigenvalue weighted by Gasteiger charge is 2.48. The standard InChI is InChI=1S/C30H34O8/c1-21(31)37-30-29(36-19-23-11-7-4-8-12-23)28(35-18-22-9-5-3-6-10-22)27(32)26(38-30)20-34-17-24-13-15-25(33-2)16-14-24/h3-16,26-30,32H,17-20H2,1-2H3/t26-,27-,28+,29-,30?/m1/s1. The van der Waals surface area contributed by atoms with Gasteiger partial charge in [-0.15, -0.1) is 0 Å². The molecule has 0 amide bonds. The number of hydrogen-bond donors (Lipinski definition) is 1. The Morgan fingerprint density at radius 2 is 1.34 bits per heavy atom. The van der Waals surface area contributed by atoms with Gasteiger partial charge in [0.05, 0.1) is 33.5 Å². The van der Waals surface area contributed by atoms with Crippen molar-refractivity contribution in [1.29, 1.82) is 0 Å². The molecule has 1 heterocycles. The summed E-state index contributed by atoms with van der Waals surface area (Å²) < 4.78 is 34.9. The zero-order valence-electron chi connectivity index (χ0n) is 21.6. The molecule has 1 saturated heterocycles. The van der Waals surface area contributed by atoms with Crippen LogP contribution in [0, 0.1) is 0 Å². The van der Waals surface area contributed by atoms with Crippen molar-refractivity contribution in [1.82, 2.24) is 0 Å². The van der Waals surface area contributed by atoms with Crippen LogP contribution in [0.2, 0.25) is 0 Å². The van der Waals surface area contributed by atoms with Gasteiger partial charge in [-0.3, -0.25) is 4.79 Å². The molecule has 8 heteroatoms. The van der Waals surface area contributed by atoms with Gasteiger partial charge in [-0.25, -0.2) is 0 Å². The van der Waals surface area contributed by atoms with Crippen molar-refractivity contribution in [2.45, 2.75) is 57.5 Å². The van der Waals surface area contributed by atoms with Gasteiger partial charge in [0.2, 0.25) is 6.29 Å². The lowest BCUT2D eigenvalue weighted by Crippen LogP contribution is -2.61. The third-order valence-electron chi connectivity index (χ3n) is 6.18. The second-order valence-electron chi connectivity index (χ2n) is 9.03. The Bertz CT molecular complexity index is 1110. The third-order valence-corrected chi connectivity index (χ3v) is 6.18. The highest BCUT2D eigenvalue weighted by Crippen LogP contribution is 2.29. The molecule has 5 atom stereocenters. The van der Waals surface area contributed by atoms with E-state index in [1.165, 1.54) is 6.92 Å². The van der Waals surface area contributed by atoms with Crippen LogP contribution in [0.3, 0.4) is 0 Å². The van der Waals surface area contributed by atoms with E-state index in [0.717, 1.165) is 22.4 Å². The number of aliphatic hydroxyl groups is 1. The molecule has 0 radical (unpaired) electrons. The van der Waals surface area contributed by atoms with Crippen LogP contribution in [-0.2, 0) is 48.3 Å². The molecule has 8 nitrogen and oxygen atoms in total. The molecule has 3 aromatic rings. The molecule has 1 unspecified atom stereocenters. The van der Waals surface area contributed by atoms with E-state index < -0.39 is 36.7 Å². The molecule has 202 valence electrons. The molecule has 38 heavy (non-hydrogen) atoms. The lowest BCUT2D eigenvalue weighted by Gasteiger charge is -2.43. The van der Waals surface area contributed by atoms with Gasteiger partial charge in [0.1, 0.15) is 30.2 Å². The molecule has 1 aliphatic rings.